The molecule has 0 unspecified atom stereocenters. The van der Waals surface area contributed by atoms with Crippen LogP contribution in [0.25, 0.3) is 0 Å². The second-order valence-electron chi connectivity index (χ2n) is 4.92. The average molecular weight is 312 g/mol. The van der Waals surface area contributed by atoms with E-state index in [1.165, 1.54) is 20.0 Å². The summed E-state index contributed by atoms with van der Waals surface area (Å²) in [6.45, 7) is 3.25. The fourth-order valence-electron chi connectivity index (χ4n) is 1.99. The molecule has 0 radical (unpaired) electrons. The van der Waals surface area contributed by atoms with Crippen LogP contribution in [-0.4, -0.2) is 19.8 Å². The summed E-state index contributed by atoms with van der Waals surface area (Å²) in [6.07, 6.45) is 0. The van der Waals surface area contributed by atoms with E-state index in [9.17, 15) is 12.8 Å². The number of halogens is 1. The number of rotatable bonds is 4. The Kier molecular flexibility index (Phi) is 4.06. The zero-order valence-electron chi connectivity index (χ0n) is 12.1. The van der Waals surface area contributed by atoms with Gasteiger partial charge in [-0.1, -0.05) is 0 Å². The Hall–Kier alpha value is -1.86. The van der Waals surface area contributed by atoms with E-state index >= 15 is 0 Å². The summed E-state index contributed by atoms with van der Waals surface area (Å²) in [5, 5.41) is 0. The SMILES string of the molecule is Cc1ccc(CN(C)S(=O)(=O)c2cc(N)cc(C)c2F)o1. The normalized spacial score (nSPS) is 12.0. The summed E-state index contributed by atoms with van der Waals surface area (Å²) >= 11 is 0. The number of benzene rings is 1. The summed E-state index contributed by atoms with van der Waals surface area (Å²) < 4.78 is 45.4. The van der Waals surface area contributed by atoms with Crippen LogP contribution in [0.2, 0.25) is 0 Å². The third kappa shape index (κ3) is 3.08. The smallest absolute Gasteiger partial charge is 0.246 e. The van der Waals surface area contributed by atoms with Crippen LogP contribution in [0.4, 0.5) is 10.1 Å². The topological polar surface area (TPSA) is 76.5 Å². The number of nitrogens with two attached hydrogens (primary N) is 1. The lowest BCUT2D eigenvalue weighted by molar-refractivity contribution is 0.395. The minimum absolute atomic E-state index is 0.0173. The van der Waals surface area contributed by atoms with Crippen LogP contribution in [0.3, 0.4) is 0 Å². The van der Waals surface area contributed by atoms with Gasteiger partial charge in [0.05, 0.1) is 6.54 Å². The zero-order valence-corrected chi connectivity index (χ0v) is 12.9. The second kappa shape index (κ2) is 5.50. The molecule has 2 aromatic rings. The summed E-state index contributed by atoms with van der Waals surface area (Å²) in [6, 6.07) is 5.94. The van der Waals surface area contributed by atoms with Gasteiger partial charge in [-0.05, 0) is 43.7 Å². The van der Waals surface area contributed by atoms with E-state index in [0.717, 1.165) is 10.4 Å². The molecule has 5 nitrogen and oxygen atoms in total. The van der Waals surface area contributed by atoms with Crippen molar-refractivity contribution in [1.82, 2.24) is 4.31 Å². The molecule has 0 saturated heterocycles. The van der Waals surface area contributed by atoms with Crippen molar-refractivity contribution in [3.63, 3.8) is 0 Å². The van der Waals surface area contributed by atoms with Crippen LogP contribution >= 0.6 is 0 Å². The van der Waals surface area contributed by atoms with Crippen molar-refractivity contribution < 1.29 is 17.2 Å². The molecule has 0 saturated carbocycles. The van der Waals surface area contributed by atoms with E-state index in [-0.39, 0.29) is 17.8 Å². The molecule has 0 amide bonds. The number of anilines is 1. The van der Waals surface area contributed by atoms with Crippen LogP contribution in [-0.2, 0) is 16.6 Å². The first kappa shape index (κ1) is 15.5. The Labute approximate surface area is 123 Å². The van der Waals surface area contributed by atoms with E-state index in [4.69, 9.17) is 10.2 Å². The molecular weight excluding hydrogens is 295 g/mol. The van der Waals surface area contributed by atoms with Crippen LogP contribution < -0.4 is 5.73 Å². The highest BCUT2D eigenvalue weighted by Crippen LogP contribution is 2.25. The maximum Gasteiger partial charge on any atom is 0.246 e. The summed E-state index contributed by atoms with van der Waals surface area (Å²) in [4.78, 5) is -0.425. The third-order valence-electron chi connectivity index (χ3n) is 3.11. The van der Waals surface area contributed by atoms with Crippen molar-refractivity contribution in [1.29, 1.82) is 0 Å². The average Bonchev–Trinajstić information content (AvgIpc) is 2.79. The Morgan fingerprint density at radius 3 is 2.52 bits per heavy atom. The molecule has 0 aliphatic heterocycles. The first-order chi connectivity index (χ1) is 9.71. The van der Waals surface area contributed by atoms with Crippen molar-refractivity contribution in [3.8, 4) is 0 Å². The Balaban J connectivity index is 2.37. The van der Waals surface area contributed by atoms with Gasteiger partial charge in [-0.15, -0.1) is 0 Å². The van der Waals surface area contributed by atoms with Crippen molar-refractivity contribution in [3.05, 3.63) is 47.2 Å². The van der Waals surface area contributed by atoms with Gasteiger partial charge >= 0.3 is 0 Å². The van der Waals surface area contributed by atoms with Crippen LogP contribution in [0.1, 0.15) is 17.1 Å². The van der Waals surface area contributed by atoms with Gasteiger partial charge in [-0.3, -0.25) is 0 Å². The molecule has 7 heteroatoms. The number of hydrogen-bond acceptors (Lipinski definition) is 4. The van der Waals surface area contributed by atoms with Gasteiger partial charge in [0.15, 0.2) is 0 Å². The molecular formula is C14H17FN2O3S. The first-order valence-corrected chi connectivity index (χ1v) is 7.73. The predicted octanol–water partition coefficient (Wildman–Crippen LogP) is 2.44. The summed E-state index contributed by atoms with van der Waals surface area (Å²) in [7, 11) is -2.62. The molecule has 0 aliphatic carbocycles. The van der Waals surface area contributed by atoms with Crippen molar-refractivity contribution >= 4 is 15.7 Å². The van der Waals surface area contributed by atoms with Crippen molar-refractivity contribution in [2.45, 2.75) is 25.3 Å². The lowest BCUT2D eigenvalue weighted by Gasteiger charge is -2.17. The molecule has 21 heavy (non-hydrogen) atoms. The van der Waals surface area contributed by atoms with Crippen LogP contribution in [0, 0.1) is 19.7 Å². The van der Waals surface area contributed by atoms with Gasteiger partial charge in [0.1, 0.15) is 22.2 Å². The number of aryl methyl sites for hydroxylation is 2. The molecule has 0 spiro atoms. The van der Waals surface area contributed by atoms with Gasteiger partial charge < -0.3 is 10.2 Å². The lowest BCUT2D eigenvalue weighted by atomic mass is 10.2. The van der Waals surface area contributed by atoms with E-state index in [2.05, 4.69) is 0 Å². The Morgan fingerprint density at radius 1 is 1.29 bits per heavy atom. The highest BCUT2D eigenvalue weighted by Gasteiger charge is 2.26. The number of furan rings is 1. The maximum absolute atomic E-state index is 14.1. The monoisotopic (exact) mass is 312 g/mol. The molecule has 0 bridgehead atoms. The Morgan fingerprint density at radius 2 is 1.95 bits per heavy atom. The van der Waals surface area contributed by atoms with Crippen molar-refractivity contribution in [2.24, 2.45) is 0 Å². The van der Waals surface area contributed by atoms with Crippen LogP contribution in [0.5, 0.6) is 0 Å². The Bertz CT molecular complexity index is 769. The lowest BCUT2D eigenvalue weighted by Crippen LogP contribution is -2.27. The van der Waals surface area contributed by atoms with Gasteiger partial charge in [-0.2, -0.15) is 4.31 Å². The molecule has 0 fully saturated rings. The fraction of sp³-hybridized carbons (Fsp3) is 0.286. The minimum atomic E-state index is -3.99. The zero-order chi connectivity index (χ0) is 15.8. The molecule has 1 aromatic carbocycles. The van der Waals surface area contributed by atoms with E-state index in [1.54, 1.807) is 19.1 Å². The molecule has 114 valence electrons. The number of sulfonamides is 1. The van der Waals surface area contributed by atoms with Crippen molar-refractivity contribution in [2.75, 3.05) is 12.8 Å². The van der Waals surface area contributed by atoms with Gasteiger partial charge in [0.25, 0.3) is 0 Å². The quantitative estimate of drug-likeness (QED) is 0.880. The summed E-state index contributed by atoms with van der Waals surface area (Å²) in [5.41, 5.74) is 6.01. The maximum atomic E-state index is 14.1. The second-order valence-corrected chi connectivity index (χ2v) is 6.94. The highest BCUT2D eigenvalue weighted by atomic mass is 32.2. The van der Waals surface area contributed by atoms with Gasteiger partial charge in [0.2, 0.25) is 10.0 Å². The van der Waals surface area contributed by atoms with Gasteiger partial charge in [-0.25, -0.2) is 12.8 Å². The summed E-state index contributed by atoms with van der Waals surface area (Å²) in [5.74, 6) is 0.382. The first-order valence-electron chi connectivity index (χ1n) is 6.29. The van der Waals surface area contributed by atoms with E-state index < -0.39 is 20.7 Å². The van der Waals surface area contributed by atoms with Crippen LogP contribution in [0.15, 0.2) is 33.6 Å². The molecule has 2 N–H and O–H groups in total. The third-order valence-corrected chi connectivity index (χ3v) is 4.91. The molecule has 0 aliphatic rings. The fourth-order valence-corrected chi connectivity index (χ4v) is 3.30. The highest BCUT2D eigenvalue weighted by molar-refractivity contribution is 7.89. The van der Waals surface area contributed by atoms with E-state index in [0.29, 0.717) is 11.5 Å². The largest absolute Gasteiger partial charge is 0.465 e. The molecule has 2 rings (SSSR count). The van der Waals surface area contributed by atoms with E-state index in [1.807, 2.05) is 0 Å². The molecule has 0 atom stereocenters. The number of nitrogens with zero attached hydrogens (tertiary/aromatic N) is 1. The number of nitrogen functional groups attached to an aromatic ring is 1. The molecule has 1 aromatic heterocycles. The predicted molar refractivity (Wildman–Crippen MR) is 77.6 cm³/mol. The molecule has 1 heterocycles. The minimum Gasteiger partial charge on any atom is -0.465 e. The standard InChI is InChI=1S/C14H17FN2O3S/c1-9-6-11(16)7-13(14(9)15)21(18,19)17(3)8-12-5-4-10(2)20-12/h4-7H,8,16H2,1-3H3. The van der Waals surface area contributed by atoms with Gasteiger partial charge in [0, 0.05) is 12.7 Å². The number of hydrogen-bond donors (Lipinski definition) is 1.